The Morgan fingerprint density at radius 3 is 2.89 bits per heavy atom. The van der Waals surface area contributed by atoms with E-state index in [2.05, 4.69) is 5.32 Å². The molecule has 1 saturated heterocycles. The van der Waals surface area contributed by atoms with E-state index in [4.69, 9.17) is 0 Å². The van der Waals surface area contributed by atoms with Crippen molar-refractivity contribution in [2.45, 2.75) is 25.3 Å². The summed E-state index contributed by atoms with van der Waals surface area (Å²) in [5.41, 5.74) is 0.331. The molecule has 0 saturated carbocycles. The second-order valence-electron chi connectivity index (χ2n) is 4.95. The van der Waals surface area contributed by atoms with E-state index in [0.29, 0.717) is 11.7 Å². The zero-order chi connectivity index (χ0) is 13.8. The first kappa shape index (κ1) is 13.7. The molecule has 0 spiro atoms. The Balaban J connectivity index is 2.09. The van der Waals surface area contributed by atoms with Crippen LogP contribution >= 0.6 is 0 Å². The summed E-state index contributed by atoms with van der Waals surface area (Å²) in [5.74, 6) is -0.576. The minimum absolute atomic E-state index is 0.210. The van der Waals surface area contributed by atoms with Crippen LogP contribution in [0, 0.1) is 15.9 Å². The molecular formula is C13H18FN3O2. The first-order chi connectivity index (χ1) is 9.06. The Morgan fingerprint density at radius 1 is 1.47 bits per heavy atom. The third-order valence-corrected chi connectivity index (χ3v) is 3.43. The lowest BCUT2D eigenvalue weighted by Crippen LogP contribution is -2.42. The van der Waals surface area contributed by atoms with Gasteiger partial charge in [0.05, 0.1) is 11.0 Å². The SMILES string of the molecule is CN(CC1CCCCN1)c1cc(F)cc([N+](=O)[O-])c1. The molecule has 104 valence electrons. The largest absolute Gasteiger partial charge is 0.373 e. The van der Waals surface area contributed by atoms with Gasteiger partial charge in [-0.15, -0.1) is 0 Å². The van der Waals surface area contributed by atoms with Crippen molar-refractivity contribution >= 4 is 11.4 Å². The molecule has 0 amide bonds. The van der Waals surface area contributed by atoms with Crippen LogP contribution in [0.25, 0.3) is 0 Å². The Morgan fingerprint density at radius 2 is 2.26 bits per heavy atom. The number of hydrogen-bond donors (Lipinski definition) is 1. The van der Waals surface area contributed by atoms with E-state index in [0.717, 1.165) is 25.6 Å². The van der Waals surface area contributed by atoms with Crippen LogP contribution in [0.4, 0.5) is 15.8 Å². The molecule has 1 fully saturated rings. The Kier molecular flexibility index (Phi) is 4.31. The van der Waals surface area contributed by atoms with Crippen molar-refractivity contribution in [1.82, 2.24) is 5.32 Å². The molecule has 1 atom stereocenters. The molecule has 1 aromatic rings. The maximum Gasteiger partial charge on any atom is 0.274 e. The van der Waals surface area contributed by atoms with Crippen molar-refractivity contribution in [2.75, 3.05) is 25.0 Å². The van der Waals surface area contributed by atoms with Crippen molar-refractivity contribution in [3.8, 4) is 0 Å². The lowest BCUT2D eigenvalue weighted by molar-refractivity contribution is -0.385. The van der Waals surface area contributed by atoms with Crippen LogP contribution in [0.3, 0.4) is 0 Å². The predicted octanol–water partition coefficient (Wildman–Crippen LogP) is 2.31. The molecule has 0 radical (unpaired) electrons. The zero-order valence-corrected chi connectivity index (χ0v) is 10.9. The second-order valence-corrected chi connectivity index (χ2v) is 4.95. The molecule has 1 unspecified atom stereocenters. The highest BCUT2D eigenvalue weighted by atomic mass is 19.1. The minimum atomic E-state index is -0.576. The molecule has 1 aromatic carbocycles. The summed E-state index contributed by atoms with van der Waals surface area (Å²) in [4.78, 5) is 12.0. The highest BCUT2D eigenvalue weighted by molar-refractivity contribution is 5.53. The van der Waals surface area contributed by atoms with Gasteiger partial charge in [0.1, 0.15) is 5.82 Å². The number of nitro groups is 1. The molecule has 19 heavy (non-hydrogen) atoms. The summed E-state index contributed by atoms with van der Waals surface area (Å²) in [5, 5.41) is 14.1. The van der Waals surface area contributed by atoms with Crippen molar-refractivity contribution in [3.63, 3.8) is 0 Å². The molecule has 6 heteroatoms. The van der Waals surface area contributed by atoms with Gasteiger partial charge < -0.3 is 10.2 Å². The van der Waals surface area contributed by atoms with E-state index < -0.39 is 10.7 Å². The fourth-order valence-electron chi connectivity index (χ4n) is 2.40. The highest BCUT2D eigenvalue weighted by Crippen LogP contribution is 2.23. The average molecular weight is 267 g/mol. The van der Waals surface area contributed by atoms with Crippen molar-refractivity contribution < 1.29 is 9.31 Å². The molecule has 1 N–H and O–H groups in total. The van der Waals surface area contributed by atoms with Gasteiger partial charge in [0, 0.05) is 31.4 Å². The molecule has 1 aliphatic rings. The number of rotatable bonds is 4. The molecule has 0 bridgehead atoms. The van der Waals surface area contributed by atoms with Gasteiger partial charge >= 0.3 is 0 Å². The topological polar surface area (TPSA) is 58.4 Å². The quantitative estimate of drug-likeness (QED) is 0.672. The maximum absolute atomic E-state index is 13.4. The molecular weight excluding hydrogens is 249 g/mol. The van der Waals surface area contributed by atoms with Crippen LogP contribution in [0.5, 0.6) is 0 Å². The summed E-state index contributed by atoms with van der Waals surface area (Å²) in [6, 6.07) is 4.04. The number of likely N-dealkylation sites (N-methyl/N-ethyl adjacent to an activating group) is 1. The van der Waals surface area contributed by atoms with Gasteiger partial charge in [-0.3, -0.25) is 10.1 Å². The molecule has 0 aliphatic carbocycles. The number of nitrogens with zero attached hydrogens (tertiary/aromatic N) is 2. The number of anilines is 1. The van der Waals surface area contributed by atoms with E-state index in [1.807, 2.05) is 11.9 Å². The Labute approximate surface area is 111 Å². The van der Waals surface area contributed by atoms with Gasteiger partial charge in [0.25, 0.3) is 5.69 Å². The van der Waals surface area contributed by atoms with E-state index in [1.54, 1.807) is 0 Å². The Bertz CT molecular complexity index is 461. The van der Waals surface area contributed by atoms with Gasteiger partial charge in [-0.2, -0.15) is 0 Å². The number of non-ortho nitro benzene ring substituents is 1. The third-order valence-electron chi connectivity index (χ3n) is 3.43. The van der Waals surface area contributed by atoms with Crippen LogP contribution in [0.2, 0.25) is 0 Å². The number of piperidine rings is 1. The molecule has 1 aliphatic heterocycles. The molecule has 5 nitrogen and oxygen atoms in total. The predicted molar refractivity (Wildman–Crippen MR) is 72.0 cm³/mol. The monoisotopic (exact) mass is 267 g/mol. The van der Waals surface area contributed by atoms with Crippen LogP contribution in [-0.2, 0) is 0 Å². The average Bonchev–Trinajstić information content (AvgIpc) is 2.39. The summed E-state index contributed by atoms with van der Waals surface area (Å²) in [6.07, 6.45) is 3.46. The van der Waals surface area contributed by atoms with Crippen molar-refractivity contribution in [2.24, 2.45) is 0 Å². The summed E-state index contributed by atoms with van der Waals surface area (Å²) >= 11 is 0. The van der Waals surface area contributed by atoms with Crippen LogP contribution < -0.4 is 10.2 Å². The number of benzene rings is 1. The first-order valence-electron chi connectivity index (χ1n) is 6.46. The van der Waals surface area contributed by atoms with Crippen molar-refractivity contribution in [1.29, 1.82) is 0 Å². The van der Waals surface area contributed by atoms with E-state index in [9.17, 15) is 14.5 Å². The molecule has 0 aromatic heterocycles. The standard InChI is InChI=1S/C13H18FN3O2/c1-16(9-11-4-2-3-5-15-11)12-6-10(14)7-13(8-12)17(18)19/h6-8,11,15H,2-5,9H2,1H3. The highest BCUT2D eigenvalue weighted by Gasteiger charge is 2.17. The minimum Gasteiger partial charge on any atom is -0.373 e. The van der Waals surface area contributed by atoms with Gasteiger partial charge in [0.2, 0.25) is 0 Å². The van der Waals surface area contributed by atoms with Gasteiger partial charge in [-0.1, -0.05) is 6.42 Å². The lowest BCUT2D eigenvalue weighted by atomic mass is 10.0. The molecule has 2 rings (SSSR count). The Hall–Kier alpha value is -1.69. The fraction of sp³-hybridized carbons (Fsp3) is 0.538. The summed E-state index contributed by atoms with van der Waals surface area (Å²) in [7, 11) is 1.83. The van der Waals surface area contributed by atoms with Crippen LogP contribution in [-0.4, -0.2) is 31.1 Å². The van der Waals surface area contributed by atoms with E-state index in [-0.39, 0.29) is 5.69 Å². The van der Waals surface area contributed by atoms with Gasteiger partial charge in [-0.25, -0.2) is 4.39 Å². The van der Waals surface area contributed by atoms with E-state index >= 15 is 0 Å². The second kappa shape index (κ2) is 5.97. The number of hydrogen-bond acceptors (Lipinski definition) is 4. The maximum atomic E-state index is 13.4. The number of nitrogens with one attached hydrogen (secondary N) is 1. The summed E-state index contributed by atoms with van der Waals surface area (Å²) < 4.78 is 13.4. The first-order valence-corrected chi connectivity index (χ1v) is 6.46. The van der Waals surface area contributed by atoms with Crippen molar-refractivity contribution in [3.05, 3.63) is 34.1 Å². The smallest absolute Gasteiger partial charge is 0.274 e. The van der Waals surface area contributed by atoms with Gasteiger partial charge in [-0.05, 0) is 25.5 Å². The third kappa shape index (κ3) is 3.64. The zero-order valence-electron chi connectivity index (χ0n) is 10.9. The number of nitro benzene ring substituents is 1. The fourth-order valence-corrected chi connectivity index (χ4v) is 2.40. The lowest BCUT2D eigenvalue weighted by Gasteiger charge is -2.29. The number of halogens is 1. The van der Waals surface area contributed by atoms with Gasteiger partial charge in [0.15, 0.2) is 0 Å². The summed E-state index contributed by atoms with van der Waals surface area (Å²) in [6.45, 7) is 1.72. The van der Waals surface area contributed by atoms with E-state index in [1.165, 1.54) is 25.0 Å². The molecule has 1 heterocycles. The normalized spacial score (nSPS) is 19.2. The van der Waals surface area contributed by atoms with Crippen LogP contribution in [0.1, 0.15) is 19.3 Å². The van der Waals surface area contributed by atoms with Crippen LogP contribution in [0.15, 0.2) is 18.2 Å².